The summed E-state index contributed by atoms with van der Waals surface area (Å²) >= 11 is 0. The van der Waals surface area contributed by atoms with E-state index in [9.17, 15) is 14.7 Å². The number of aryl methyl sites for hydroxylation is 3. The molecule has 0 spiro atoms. The van der Waals surface area contributed by atoms with E-state index in [1.807, 2.05) is 26.0 Å². The van der Waals surface area contributed by atoms with Crippen LogP contribution in [0.3, 0.4) is 0 Å². The first-order chi connectivity index (χ1) is 15.3. The van der Waals surface area contributed by atoms with Crippen LogP contribution in [0.5, 0.6) is 5.75 Å². The first-order valence-corrected chi connectivity index (χ1v) is 9.97. The molecule has 0 aromatic heterocycles. The lowest BCUT2D eigenvalue weighted by Crippen LogP contribution is -2.18. The van der Waals surface area contributed by atoms with Crippen molar-refractivity contribution in [1.82, 2.24) is 10.9 Å². The van der Waals surface area contributed by atoms with Gasteiger partial charge in [0.15, 0.2) is 0 Å². The molecule has 0 atom stereocenters. The molecule has 0 fully saturated rings. The number of hydrogen-bond acceptors (Lipinski definition) is 5. The van der Waals surface area contributed by atoms with Crippen molar-refractivity contribution < 1.29 is 14.7 Å². The van der Waals surface area contributed by atoms with E-state index in [0.29, 0.717) is 27.8 Å². The van der Waals surface area contributed by atoms with Crippen LogP contribution in [0.4, 0.5) is 0 Å². The van der Waals surface area contributed by atoms with Crippen molar-refractivity contribution >= 4 is 24.2 Å². The predicted octanol–water partition coefficient (Wildman–Crippen LogP) is 3.85. The minimum Gasteiger partial charge on any atom is -0.507 e. The molecule has 2 amide bonds. The van der Waals surface area contributed by atoms with Crippen LogP contribution < -0.4 is 10.9 Å². The third-order valence-electron chi connectivity index (χ3n) is 4.66. The molecule has 3 N–H and O–H groups in total. The fourth-order valence-corrected chi connectivity index (χ4v) is 3.04. The summed E-state index contributed by atoms with van der Waals surface area (Å²) in [6.45, 7) is 5.55. The number of nitrogens with zero attached hydrogens (tertiary/aromatic N) is 2. The standard InChI is InChI=1S/C25H24N4O3/c1-16-6-4-8-20(10-16)24(31)28-26-14-19-12-18(3)23(30)22(13-19)15-27-29-25(32)21-9-5-7-17(2)11-21/h4-15,30H,1-3H3,(H,28,31)(H,29,32)/b26-14?,27-15+. The molecule has 162 valence electrons. The molecule has 3 aromatic rings. The highest BCUT2D eigenvalue weighted by Gasteiger charge is 2.07. The number of amides is 2. The van der Waals surface area contributed by atoms with Crippen molar-refractivity contribution in [3.63, 3.8) is 0 Å². The molecule has 0 saturated carbocycles. The average molecular weight is 428 g/mol. The van der Waals surface area contributed by atoms with Gasteiger partial charge in [0, 0.05) is 16.7 Å². The minimum absolute atomic E-state index is 0.0412. The quantitative estimate of drug-likeness (QED) is 0.410. The van der Waals surface area contributed by atoms with Gasteiger partial charge in [-0.2, -0.15) is 10.2 Å². The van der Waals surface area contributed by atoms with Crippen LogP contribution in [-0.4, -0.2) is 29.4 Å². The molecule has 0 radical (unpaired) electrons. The maximum atomic E-state index is 12.2. The Balaban J connectivity index is 1.68. The van der Waals surface area contributed by atoms with E-state index in [0.717, 1.165) is 11.1 Å². The predicted molar refractivity (Wildman–Crippen MR) is 125 cm³/mol. The minimum atomic E-state index is -0.349. The van der Waals surface area contributed by atoms with Gasteiger partial charge in [0.05, 0.1) is 12.4 Å². The molecular weight excluding hydrogens is 404 g/mol. The van der Waals surface area contributed by atoms with E-state index < -0.39 is 0 Å². The van der Waals surface area contributed by atoms with Crippen LogP contribution in [0.1, 0.15) is 48.5 Å². The van der Waals surface area contributed by atoms with Crippen LogP contribution in [0.25, 0.3) is 0 Å². The second kappa shape index (κ2) is 10.2. The Morgan fingerprint density at radius 3 is 1.84 bits per heavy atom. The Labute approximate surface area is 186 Å². The molecule has 0 heterocycles. The van der Waals surface area contributed by atoms with E-state index in [1.54, 1.807) is 55.5 Å². The number of hydrogen-bond donors (Lipinski definition) is 3. The second-order valence-corrected chi connectivity index (χ2v) is 7.41. The van der Waals surface area contributed by atoms with Crippen molar-refractivity contribution in [2.45, 2.75) is 20.8 Å². The normalized spacial score (nSPS) is 11.1. The Kier molecular flexibility index (Phi) is 7.13. The number of carbonyl (C=O) groups is 2. The van der Waals surface area contributed by atoms with E-state index >= 15 is 0 Å². The molecule has 0 aliphatic rings. The van der Waals surface area contributed by atoms with Gasteiger partial charge >= 0.3 is 0 Å². The van der Waals surface area contributed by atoms with Gasteiger partial charge < -0.3 is 5.11 Å². The van der Waals surface area contributed by atoms with E-state index in [2.05, 4.69) is 21.1 Å². The molecule has 0 saturated heterocycles. The summed E-state index contributed by atoms with van der Waals surface area (Å²) in [7, 11) is 0. The number of carbonyl (C=O) groups excluding carboxylic acids is 2. The highest BCUT2D eigenvalue weighted by molar-refractivity contribution is 5.96. The maximum absolute atomic E-state index is 12.2. The first kappa shape index (κ1) is 22.4. The van der Waals surface area contributed by atoms with Crippen molar-refractivity contribution in [3.8, 4) is 5.75 Å². The van der Waals surface area contributed by atoms with Crippen LogP contribution >= 0.6 is 0 Å². The number of nitrogens with one attached hydrogen (secondary N) is 2. The monoisotopic (exact) mass is 428 g/mol. The Morgan fingerprint density at radius 1 is 0.781 bits per heavy atom. The number of aromatic hydroxyl groups is 1. The molecule has 0 unspecified atom stereocenters. The van der Waals surface area contributed by atoms with Crippen molar-refractivity contribution in [2.24, 2.45) is 10.2 Å². The SMILES string of the molecule is Cc1cccc(C(=O)NN=Cc2cc(C)c(O)c(/C=N/NC(=O)c3cccc(C)c3)c2)c1. The Morgan fingerprint density at radius 2 is 1.31 bits per heavy atom. The number of phenolic OH excluding ortho intramolecular Hbond substituents is 1. The molecule has 7 nitrogen and oxygen atoms in total. The molecule has 32 heavy (non-hydrogen) atoms. The molecule has 3 aromatic carbocycles. The summed E-state index contributed by atoms with van der Waals surface area (Å²) < 4.78 is 0. The smallest absolute Gasteiger partial charge is 0.271 e. The topological polar surface area (TPSA) is 103 Å². The number of benzene rings is 3. The van der Waals surface area contributed by atoms with Gasteiger partial charge in [-0.25, -0.2) is 10.9 Å². The summed E-state index contributed by atoms with van der Waals surface area (Å²) in [4.78, 5) is 24.4. The Hall–Kier alpha value is -4.26. The third-order valence-corrected chi connectivity index (χ3v) is 4.66. The summed E-state index contributed by atoms with van der Waals surface area (Å²) in [5.41, 5.74) is 9.55. The summed E-state index contributed by atoms with van der Waals surface area (Å²) in [6, 6.07) is 17.7. The summed E-state index contributed by atoms with van der Waals surface area (Å²) in [5, 5.41) is 18.3. The Bertz CT molecular complexity index is 1220. The highest BCUT2D eigenvalue weighted by Crippen LogP contribution is 2.21. The van der Waals surface area contributed by atoms with Crippen LogP contribution in [-0.2, 0) is 0 Å². The first-order valence-electron chi connectivity index (χ1n) is 9.97. The molecule has 0 aliphatic heterocycles. The van der Waals surface area contributed by atoms with Gasteiger partial charge in [0.1, 0.15) is 5.75 Å². The van der Waals surface area contributed by atoms with E-state index in [-0.39, 0.29) is 17.6 Å². The van der Waals surface area contributed by atoms with Crippen LogP contribution in [0.2, 0.25) is 0 Å². The van der Waals surface area contributed by atoms with Crippen molar-refractivity contribution in [2.75, 3.05) is 0 Å². The van der Waals surface area contributed by atoms with Crippen molar-refractivity contribution in [3.05, 3.63) is 99.6 Å². The van der Waals surface area contributed by atoms with E-state index in [1.165, 1.54) is 12.4 Å². The van der Waals surface area contributed by atoms with E-state index in [4.69, 9.17) is 0 Å². The lowest BCUT2D eigenvalue weighted by atomic mass is 10.1. The average Bonchev–Trinajstić information content (AvgIpc) is 2.76. The van der Waals surface area contributed by atoms with Gasteiger partial charge in [-0.15, -0.1) is 0 Å². The third kappa shape index (κ3) is 5.89. The fourth-order valence-electron chi connectivity index (χ4n) is 3.04. The zero-order valence-electron chi connectivity index (χ0n) is 18.1. The molecule has 3 rings (SSSR count). The molecule has 0 bridgehead atoms. The van der Waals surface area contributed by atoms with Gasteiger partial charge in [-0.05, 0) is 68.3 Å². The number of rotatable bonds is 6. The highest BCUT2D eigenvalue weighted by atomic mass is 16.3. The number of hydrazone groups is 2. The molecule has 0 aliphatic carbocycles. The zero-order chi connectivity index (χ0) is 23.1. The van der Waals surface area contributed by atoms with Gasteiger partial charge in [0.2, 0.25) is 0 Å². The van der Waals surface area contributed by atoms with Gasteiger partial charge in [-0.3, -0.25) is 9.59 Å². The van der Waals surface area contributed by atoms with Crippen molar-refractivity contribution in [1.29, 1.82) is 0 Å². The fraction of sp³-hybridized carbons (Fsp3) is 0.120. The van der Waals surface area contributed by atoms with Gasteiger partial charge in [0.25, 0.3) is 11.8 Å². The van der Waals surface area contributed by atoms with Crippen LogP contribution in [0.15, 0.2) is 70.9 Å². The lowest BCUT2D eigenvalue weighted by Gasteiger charge is -2.06. The van der Waals surface area contributed by atoms with Gasteiger partial charge in [-0.1, -0.05) is 35.4 Å². The lowest BCUT2D eigenvalue weighted by molar-refractivity contribution is 0.0947. The summed E-state index contributed by atoms with van der Waals surface area (Å²) in [6.07, 6.45) is 2.83. The second-order valence-electron chi connectivity index (χ2n) is 7.41. The van der Waals surface area contributed by atoms with Crippen LogP contribution in [0, 0.1) is 20.8 Å². The molecular formula is C25H24N4O3. The maximum Gasteiger partial charge on any atom is 0.271 e. The summed E-state index contributed by atoms with van der Waals surface area (Å²) in [5.74, 6) is -0.627. The number of phenols is 1. The largest absolute Gasteiger partial charge is 0.507 e. The zero-order valence-corrected chi connectivity index (χ0v) is 18.1. The molecule has 7 heteroatoms.